The third-order valence-corrected chi connectivity index (χ3v) is 4.73. The van der Waals surface area contributed by atoms with Crippen molar-refractivity contribution in [3.63, 3.8) is 0 Å². The predicted molar refractivity (Wildman–Crippen MR) is 97.8 cm³/mol. The lowest BCUT2D eigenvalue weighted by molar-refractivity contribution is -0.229. The molecule has 1 unspecified atom stereocenters. The van der Waals surface area contributed by atoms with Gasteiger partial charge in [0, 0.05) is 32.2 Å². The molecule has 138 valence electrons. The molecule has 1 fully saturated rings. The molecule has 1 atom stereocenters. The van der Waals surface area contributed by atoms with Crippen LogP contribution in [0.5, 0.6) is 11.5 Å². The van der Waals surface area contributed by atoms with E-state index in [1.807, 2.05) is 41.2 Å². The van der Waals surface area contributed by atoms with E-state index in [4.69, 9.17) is 9.68 Å². The van der Waals surface area contributed by atoms with E-state index in [-0.39, 0.29) is 12.0 Å². The van der Waals surface area contributed by atoms with Gasteiger partial charge in [0.05, 0.1) is 11.4 Å². The number of piperazine rings is 1. The Labute approximate surface area is 152 Å². The fraction of sp³-hybridized carbons (Fsp3) is 0.368. The number of nitrogens with one attached hydrogen (secondary N) is 1. The first-order valence-electron chi connectivity index (χ1n) is 8.83. The normalized spacial score (nSPS) is 18.8. The SMILES string of the molecule is CC(NON1CCN(C)CC1)N1c2ccccc2Oc2ccc(F)cc21. The number of rotatable bonds is 4. The summed E-state index contributed by atoms with van der Waals surface area (Å²) in [5.74, 6) is 1.06. The van der Waals surface area contributed by atoms with Crippen LogP contribution < -0.4 is 15.1 Å². The number of hydrogen-bond donors (Lipinski definition) is 1. The van der Waals surface area contributed by atoms with E-state index in [1.165, 1.54) is 12.1 Å². The molecule has 1 saturated heterocycles. The first kappa shape index (κ1) is 17.2. The van der Waals surface area contributed by atoms with E-state index in [1.54, 1.807) is 6.07 Å². The largest absolute Gasteiger partial charge is 0.453 e. The van der Waals surface area contributed by atoms with Gasteiger partial charge in [-0.1, -0.05) is 12.1 Å². The maximum Gasteiger partial charge on any atom is 0.151 e. The number of nitrogens with zero attached hydrogens (tertiary/aromatic N) is 3. The second-order valence-electron chi connectivity index (χ2n) is 6.67. The maximum atomic E-state index is 13.9. The van der Waals surface area contributed by atoms with Crippen molar-refractivity contribution < 1.29 is 14.1 Å². The van der Waals surface area contributed by atoms with E-state index in [2.05, 4.69) is 17.4 Å². The summed E-state index contributed by atoms with van der Waals surface area (Å²) in [6.45, 7) is 5.57. The molecule has 2 aromatic rings. The van der Waals surface area contributed by atoms with Crippen LogP contribution in [-0.2, 0) is 4.94 Å². The maximum absolute atomic E-state index is 13.9. The van der Waals surface area contributed by atoms with E-state index in [9.17, 15) is 4.39 Å². The molecule has 2 heterocycles. The molecule has 0 saturated carbocycles. The van der Waals surface area contributed by atoms with Crippen molar-refractivity contribution in [2.75, 3.05) is 38.1 Å². The highest BCUT2D eigenvalue weighted by Crippen LogP contribution is 2.47. The van der Waals surface area contributed by atoms with Crippen molar-refractivity contribution in [3.05, 3.63) is 48.3 Å². The fourth-order valence-electron chi connectivity index (χ4n) is 3.26. The lowest BCUT2D eigenvalue weighted by atomic mass is 10.1. The van der Waals surface area contributed by atoms with Gasteiger partial charge in [0.15, 0.2) is 11.5 Å². The van der Waals surface area contributed by atoms with Crippen LogP contribution in [0.2, 0.25) is 0 Å². The summed E-state index contributed by atoms with van der Waals surface area (Å²) in [4.78, 5) is 10.0. The number of anilines is 2. The average Bonchev–Trinajstić information content (AvgIpc) is 2.65. The second-order valence-corrected chi connectivity index (χ2v) is 6.67. The van der Waals surface area contributed by atoms with Crippen molar-refractivity contribution in [3.8, 4) is 11.5 Å². The number of ether oxygens (including phenoxy) is 1. The second kappa shape index (κ2) is 7.20. The number of benzene rings is 2. The van der Waals surface area contributed by atoms with Gasteiger partial charge in [0.2, 0.25) is 0 Å². The molecule has 2 aliphatic rings. The molecule has 0 amide bonds. The van der Waals surface area contributed by atoms with Crippen LogP contribution in [0, 0.1) is 5.82 Å². The van der Waals surface area contributed by atoms with Gasteiger partial charge >= 0.3 is 0 Å². The smallest absolute Gasteiger partial charge is 0.151 e. The van der Waals surface area contributed by atoms with Gasteiger partial charge in [-0.15, -0.1) is 0 Å². The van der Waals surface area contributed by atoms with Crippen LogP contribution in [0.4, 0.5) is 15.8 Å². The Hall–Kier alpha value is -2.19. The number of likely N-dealkylation sites (N-methyl/N-ethyl adjacent to an activating group) is 1. The summed E-state index contributed by atoms with van der Waals surface area (Å²) in [5.41, 5.74) is 4.63. The van der Waals surface area contributed by atoms with E-state index in [0.29, 0.717) is 11.4 Å². The van der Waals surface area contributed by atoms with Gasteiger partial charge in [-0.05, 0) is 38.2 Å². The van der Waals surface area contributed by atoms with Gasteiger partial charge in [0.1, 0.15) is 12.0 Å². The molecular weight excluding hydrogens is 335 g/mol. The highest BCUT2D eigenvalue weighted by atomic mass is 19.1. The molecule has 7 heteroatoms. The Morgan fingerprint density at radius 3 is 2.58 bits per heavy atom. The molecule has 0 aliphatic carbocycles. The van der Waals surface area contributed by atoms with Gasteiger partial charge < -0.3 is 14.5 Å². The first-order chi connectivity index (χ1) is 12.6. The summed E-state index contributed by atoms with van der Waals surface area (Å²) >= 11 is 0. The van der Waals surface area contributed by atoms with E-state index >= 15 is 0 Å². The zero-order chi connectivity index (χ0) is 18.1. The molecular formula is C19H23FN4O2. The van der Waals surface area contributed by atoms with Gasteiger partial charge in [0.25, 0.3) is 0 Å². The third kappa shape index (κ3) is 3.39. The number of fused-ring (bicyclic) bond motifs is 2. The molecule has 2 aliphatic heterocycles. The number of hydroxylamine groups is 3. The van der Waals surface area contributed by atoms with Crippen LogP contribution in [0.25, 0.3) is 0 Å². The van der Waals surface area contributed by atoms with Gasteiger partial charge in [-0.2, -0.15) is 10.5 Å². The lowest BCUT2D eigenvalue weighted by Gasteiger charge is -2.38. The van der Waals surface area contributed by atoms with Crippen molar-refractivity contribution in [1.29, 1.82) is 0 Å². The van der Waals surface area contributed by atoms with Crippen molar-refractivity contribution in [2.24, 2.45) is 0 Å². The van der Waals surface area contributed by atoms with Crippen molar-refractivity contribution in [1.82, 2.24) is 15.4 Å². The summed E-state index contributed by atoms with van der Waals surface area (Å²) in [6, 6.07) is 12.3. The summed E-state index contributed by atoms with van der Waals surface area (Å²) in [7, 11) is 2.10. The molecule has 0 bridgehead atoms. The van der Waals surface area contributed by atoms with Crippen LogP contribution in [0.1, 0.15) is 6.92 Å². The van der Waals surface area contributed by atoms with Crippen LogP contribution in [0.3, 0.4) is 0 Å². The highest BCUT2D eigenvalue weighted by molar-refractivity contribution is 5.78. The molecule has 2 aromatic carbocycles. The molecule has 0 radical (unpaired) electrons. The first-order valence-corrected chi connectivity index (χ1v) is 8.83. The molecule has 6 nitrogen and oxygen atoms in total. The Bertz CT molecular complexity index is 780. The summed E-state index contributed by atoms with van der Waals surface area (Å²) < 4.78 is 19.8. The molecule has 4 rings (SSSR count). The minimum atomic E-state index is -0.302. The fourth-order valence-corrected chi connectivity index (χ4v) is 3.26. The Morgan fingerprint density at radius 1 is 1.04 bits per heavy atom. The Morgan fingerprint density at radius 2 is 1.77 bits per heavy atom. The molecule has 1 N–H and O–H groups in total. The zero-order valence-corrected chi connectivity index (χ0v) is 15.0. The van der Waals surface area contributed by atoms with E-state index < -0.39 is 0 Å². The molecule has 0 spiro atoms. The van der Waals surface area contributed by atoms with Crippen LogP contribution in [0.15, 0.2) is 42.5 Å². The summed E-state index contributed by atoms with van der Waals surface area (Å²) in [6.07, 6.45) is -0.222. The monoisotopic (exact) mass is 358 g/mol. The molecule has 0 aromatic heterocycles. The minimum absolute atomic E-state index is 0.222. The predicted octanol–water partition coefficient (Wildman–Crippen LogP) is 3.10. The van der Waals surface area contributed by atoms with Crippen LogP contribution in [-0.4, -0.2) is 49.4 Å². The van der Waals surface area contributed by atoms with Crippen LogP contribution >= 0.6 is 0 Å². The quantitative estimate of drug-likeness (QED) is 0.847. The van der Waals surface area contributed by atoms with Gasteiger partial charge in [-0.3, -0.25) is 0 Å². The number of hydrogen-bond acceptors (Lipinski definition) is 6. The highest BCUT2D eigenvalue weighted by Gasteiger charge is 2.29. The summed E-state index contributed by atoms with van der Waals surface area (Å²) in [5, 5.41) is 1.91. The number of halogens is 1. The zero-order valence-electron chi connectivity index (χ0n) is 15.0. The van der Waals surface area contributed by atoms with E-state index in [0.717, 1.165) is 37.6 Å². The van der Waals surface area contributed by atoms with Gasteiger partial charge in [-0.25, -0.2) is 9.33 Å². The van der Waals surface area contributed by atoms with Crippen molar-refractivity contribution >= 4 is 11.4 Å². The molecule has 26 heavy (non-hydrogen) atoms. The topological polar surface area (TPSA) is 40.2 Å². The minimum Gasteiger partial charge on any atom is -0.453 e. The average molecular weight is 358 g/mol. The third-order valence-electron chi connectivity index (χ3n) is 4.73. The Kier molecular flexibility index (Phi) is 4.78. The standard InChI is InChI=1S/C19H23FN4O2/c1-14(21-26-23-11-9-22(2)10-12-23)24-16-5-3-4-6-18(16)25-19-8-7-15(20)13-17(19)24/h3-8,13-14,21H,9-12H2,1-2H3. The van der Waals surface area contributed by atoms with Crippen molar-refractivity contribution in [2.45, 2.75) is 13.1 Å². The Balaban J connectivity index is 1.55. The number of para-hydroxylation sites is 2. The lowest BCUT2D eigenvalue weighted by Crippen LogP contribution is -2.50.